The van der Waals surface area contributed by atoms with Crippen LogP contribution in [0.2, 0.25) is 0 Å². The van der Waals surface area contributed by atoms with Crippen molar-refractivity contribution in [2.24, 2.45) is 5.92 Å². The Morgan fingerprint density at radius 1 is 1.45 bits per heavy atom. The van der Waals surface area contributed by atoms with E-state index in [1.165, 1.54) is 0 Å². The molecule has 0 aromatic heterocycles. The van der Waals surface area contributed by atoms with E-state index in [0.29, 0.717) is 11.7 Å². The second-order valence-corrected chi connectivity index (χ2v) is 3.47. The molecule has 1 heterocycles. The number of ether oxygens (including phenoxy) is 1. The molecule has 0 aromatic rings. The molecule has 1 aliphatic rings. The Bertz CT molecular complexity index is 125. The minimum absolute atomic E-state index is 0. The number of hydrogen-bond acceptors (Lipinski definition) is 3. The van der Waals surface area contributed by atoms with Crippen molar-refractivity contribution >= 4 is 11.1 Å². The maximum atomic E-state index is 10.2. The fourth-order valence-electron chi connectivity index (χ4n) is 1.11. The average molecular weight is 186 g/mol. The van der Waals surface area contributed by atoms with Gasteiger partial charge >= 0.3 is 29.6 Å². The van der Waals surface area contributed by atoms with E-state index < -0.39 is 11.1 Å². The van der Waals surface area contributed by atoms with E-state index in [2.05, 4.69) is 0 Å². The van der Waals surface area contributed by atoms with Crippen molar-refractivity contribution in [2.45, 2.75) is 12.8 Å². The quantitative estimate of drug-likeness (QED) is 0.348. The van der Waals surface area contributed by atoms with Crippen molar-refractivity contribution in [1.29, 1.82) is 0 Å². The van der Waals surface area contributed by atoms with Crippen LogP contribution in [0.5, 0.6) is 0 Å². The fourth-order valence-corrected chi connectivity index (χ4v) is 1.82. The second kappa shape index (κ2) is 6.57. The van der Waals surface area contributed by atoms with Gasteiger partial charge in [-0.25, -0.2) is 0 Å². The third kappa shape index (κ3) is 5.33. The van der Waals surface area contributed by atoms with Gasteiger partial charge in [-0.2, -0.15) is 0 Å². The van der Waals surface area contributed by atoms with Crippen molar-refractivity contribution in [3.63, 3.8) is 0 Å². The first-order chi connectivity index (χ1) is 4.79. The van der Waals surface area contributed by atoms with Crippen molar-refractivity contribution in [1.82, 2.24) is 0 Å². The molecule has 0 aromatic carbocycles. The molecule has 0 spiro atoms. The summed E-state index contributed by atoms with van der Waals surface area (Å²) in [5, 5.41) is 0. The zero-order chi connectivity index (χ0) is 7.40. The minimum Gasteiger partial charge on any atom is -0.772 e. The monoisotopic (exact) mass is 186 g/mol. The van der Waals surface area contributed by atoms with E-state index in [1.807, 2.05) is 0 Å². The van der Waals surface area contributed by atoms with Gasteiger partial charge in [-0.1, -0.05) is 11.1 Å². The molecule has 60 valence electrons. The molecule has 0 saturated carbocycles. The summed E-state index contributed by atoms with van der Waals surface area (Å²) in [6.45, 7) is 1.45. The third-order valence-corrected chi connectivity index (χ3v) is 2.46. The van der Waals surface area contributed by atoms with Gasteiger partial charge in [0.1, 0.15) is 0 Å². The van der Waals surface area contributed by atoms with Gasteiger partial charge in [-0.15, -0.1) is 0 Å². The van der Waals surface area contributed by atoms with Gasteiger partial charge in [-0.3, -0.25) is 4.21 Å². The third-order valence-electron chi connectivity index (χ3n) is 1.71. The Morgan fingerprint density at radius 2 is 2.00 bits per heavy atom. The maximum absolute atomic E-state index is 10.2. The van der Waals surface area contributed by atoms with Crippen molar-refractivity contribution in [2.75, 3.05) is 19.0 Å². The predicted octanol–water partition coefficient (Wildman–Crippen LogP) is -2.70. The molecule has 3 nitrogen and oxygen atoms in total. The Balaban J connectivity index is 0.000001000. The summed E-state index contributed by atoms with van der Waals surface area (Å²) in [6, 6.07) is 0. The van der Waals surface area contributed by atoms with Crippen LogP contribution in [0.15, 0.2) is 0 Å². The smallest absolute Gasteiger partial charge is 0.772 e. The van der Waals surface area contributed by atoms with Crippen LogP contribution in [0.3, 0.4) is 0 Å². The molecular formula is C6H11NaO3S. The van der Waals surface area contributed by atoms with Crippen LogP contribution in [0.25, 0.3) is 0 Å². The predicted molar refractivity (Wildman–Crippen MR) is 37.3 cm³/mol. The zero-order valence-corrected chi connectivity index (χ0v) is 9.56. The van der Waals surface area contributed by atoms with E-state index in [4.69, 9.17) is 4.74 Å². The van der Waals surface area contributed by atoms with Gasteiger partial charge in [0, 0.05) is 19.0 Å². The summed E-state index contributed by atoms with van der Waals surface area (Å²) >= 11 is -1.87. The van der Waals surface area contributed by atoms with Gasteiger partial charge in [0.05, 0.1) is 0 Å². The Labute approximate surface area is 91.5 Å². The number of hydrogen-bond donors (Lipinski definition) is 0. The summed E-state index contributed by atoms with van der Waals surface area (Å²) in [7, 11) is 0. The van der Waals surface area contributed by atoms with E-state index >= 15 is 0 Å². The summed E-state index contributed by atoms with van der Waals surface area (Å²) in [6.07, 6.45) is 1.79. The molecule has 1 fully saturated rings. The fraction of sp³-hybridized carbons (Fsp3) is 1.00. The first-order valence-corrected chi connectivity index (χ1v) is 4.67. The molecule has 5 heteroatoms. The van der Waals surface area contributed by atoms with Crippen molar-refractivity contribution in [3.05, 3.63) is 0 Å². The van der Waals surface area contributed by atoms with Crippen molar-refractivity contribution in [3.8, 4) is 0 Å². The zero-order valence-electron chi connectivity index (χ0n) is 6.75. The Morgan fingerprint density at radius 3 is 2.45 bits per heavy atom. The molecule has 1 unspecified atom stereocenters. The molecule has 1 aliphatic heterocycles. The molecule has 0 radical (unpaired) electrons. The van der Waals surface area contributed by atoms with Crippen LogP contribution in [-0.4, -0.2) is 27.7 Å². The van der Waals surface area contributed by atoms with Gasteiger partial charge in [0.2, 0.25) is 0 Å². The molecule has 11 heavy (non-hydrogen) atoms. The van der Waals surface area contributed by atoms with Gasteiger partial charge in [-0.05, 0) is 18.8 Å². The van der Waals surface area contributed by atoms with Crippen LogP contribution in [0.1, 0.15) is 12.8 Å². The molecule has 0 N–H and O–H groups in total. The first-order valence-electron chi connectivity index (χ1n) is 3.42. The van der Waals surface area contributed by atoms with Gasteiger partial charge in [0.25, 0.3) is 0 Å². The summed E-state index contributed by atoms with van der Waals surface area (Å²) in [5.41, 5.74) is 0. The van der Waals surface area contributed by atoms with Crippen LogP contribution in [-0.2, 0) is 15.8 Å². The van der Waals surface area contributed by atoms with Crippen molar-refractivity contribution < 1.29 is 43.1 Å². The Kier molecular flexibility index (Phi) is 7.21. The molecule has 0 amide bonds. The van der Waals surface area contributed by atoms with E-state index in [0.717, 1.165) is 26.1 Å². The Hall–Kier alpha value is 1.07. The van der Waals surface area contributed by atoms with Gasteiger partial charge in [0.15, 0.2) is 0 Å². The molecule has 1 rings (SSSR count). The van der Waals surface area contributed by atoms with E-state index in [9.17, 15) is 8.76 Å². The van der Waals surface area contributed by atoms with Crippen LogP contribution < -0.4 is 29.6 Å². The normalized spacial score (nSPS) is 22.3. The molecule has 1 saturated heterocycles. The van der Waals surface area contributed by atoms with Crippen LogP contribution >= 0.6 is 0 Å². The minimum atomic E-state index is -1.87. The van der Waals surface area contributed by atoms with Gasteiger partial charge < -0.3 is 9.29 Å². The largest absolute Gasteiger partial charge is 1.00 e. The maximum Gasteiger partial charge on any atom is 1.00 e. The number of rotatable bonds is 2. The van der Waals surface area contributed by atoms with E-state index in [1.54, 1.807) is 0 Å². The molecule has 0 bridgehead atoms. The van der Waals surface area contributed by atoms with E-state index in [-0.39, 0.29) is 29.6 Å². The standard InChI is InChI=1S/C6H12O3S.Na/c7-10(8)5-6-1-3-9-4-2-6;/h6H,1-5H2,(H,7,8);/q;+1/p-1. The first kappa shape index (κ1) is 12.1. The summed E-state index contributed by atoms with van der Waals surface area (Å²) in [4.78, 5) is 0. The summed E-state index contributed by atoms with van der Waals surface area (Å²) < 4.78 is 25.5. The molecule has 0 aliphatic carbocycles. The average Bonchev–Trinajstić information content (AvgIpc) is 1.88. The topological polar surface area (TPSA) is 49.4 Å². The van der Waals surface area contributed by atoms with Crippen LogP contribution in [0.4, 0.5) is 0 Å². The molecule has 1 atom stereocenters. The summed E-state index contributed by atoms with van der Waals surface area (Å²) in [5.74, 6) is 0.649. The second-order valence-electron chi connectivity index (χ2n) is 2.53. The SMILES string of the molecule is O=S([O-])CC1CCOCC1.[Na+]. The van der Waals surface area contributed by atoms with Crippen LogP contribution in [0, 0.1) is 5.92 Å². The molecular weight excluding hydrogens is 175 g/mol.